The topological polar surface area (TPSA) is 66.8 Å². The Balaban J connectivity index is 2.17. The van der Waals surface area contributed by atoms with Gasteiger partial charge in [0, 0.05) is 0 Å². The third-order valence-corrected chi connectivity index (χ3v) is 4.66. The minimum atomic E-state index is -4.01. The van der Waals surface area contributed by atoms with Crippen molar-refractivity contribution >= 4 is 7.60 Å². The summed E-state index contributed by atoms with van der Waals surface area (Å²) in [6.07, 6.45) is 1.94. The van der Waals surface area contributed by atoms with Gasteiger partial charge >= 0.3 is 7.60 Å². The Morgan fingerprint density at radius 2 is 1.61 bits per heavy atom. The van der Waals surface area contributed by atoms with Gasteiger partial charge in [-0.1, -0.05) is 43.3 Å². The van der Waals surface area contributed by atoms with Crippen molar-refractivity contribution in [3.63, 3.8) is 0 Å². The van der Waals surface area contributed by atoms with Crippen molar-refractivity contribution in [2.45, 2.75) is 26.2 Å². The van der Waals surface area contributed by atoms with E-state index in [1.165, 1.54) is 11.1 Å². The van der Waals surface area contributed by atoms with Gasteiger partial charge in [0.2, 0.25) is 0 Å². The van der Waals surface area contributed by atoms with Gasteiger partial charge in [0.05, 0.1) is 13.3 Å². The number of ether oxygens (including phenoxy) is 1. The first kappa shape index (κ1) is 17.7. The SMILES string of the molecule is CCc1ccc(Cc2ccc(OC)c(CCP(=O)(O)O)c2)cc1. The van der Waals surface area contributed by atoms with Crippen LogP contribution in [0.4, 0.5) is 0 Å². The molecule has 0 aliphatic carbocycles. The molecule has 23 heavy (non-hydrogen) atoms. The molecule has 0 aliphatic heterocycles. The molecule has 0 spiro atoms. The van der Waals surface area contributed by atoms with Gasteiger partial charge in [0.25, 0.3) is 0 Å². The standard InChI is InChI=1S/C18H23O4P/c1-3-14-4-6-15(7-5-14)12-16-8-9-18(22-2)17(13-16)10-11-23(19,20)21/h4-9,13H,3,10-12H2,1-2H3,(H2,19,20,21). The summed E-state index contributed by atoms with van der Waals surface area (Å²) in [6.45, 7) is 2.13. The van der Waals surface area contributed by atoms with Gasteiger partial charge in [-0.25, -0.2) is 0 Å². The molecular formula is C18H23O4P. The van der Waals surface area contributed by atoms with E-state index in [9.17, 15) is 4.57 Å². The molecule has 0 bridgehead atoms. The fourth-order valence-electron chi connectivity index (χ4n) is 2.53. The number of methoxy groups -OCH3 is 1. The molecule has 0 saturated heterocycles. The van der Waals surface area contributed by atoms with Gasteiger partial charge in [-0.2, -0.15) is 0 Å². The zero-order valence-electron chi connectivity index (χ0n) is 13.5. The van der Waals surface area contributed by atoms with Crippen molar-refractivity contribution in [2.75, 3.05) is 13.3 Å². The monoisotopic (exact) mass is 334 g/mol. The Morgan fingerprint density at radius 3 is 2.17 bits per heavy atom. The summed E-state index contributed by atoms with van der Waals surface area (Å²) >= 11 is 0. The fraction of sp³-hybridized carbons (Fsp3) is 0.333. The summed E-state index contributed by atoms with van der Waals surface area (Å²) < 4.78 is 16.4. The lowest BCUT2D eigenvalue weighted by atomic mass is 10.00. The van der Waals surface area contributed by atoms with Crippen LogP contribution in [0.25, 0.3) is 0 Å². The Hall–Kier alpha value is -1.61. The van der Waals surface area contributed by atoms with Crippen LogP contribution in [0.5, 0.6) is 5.75 Å². The second-order valence-corrected chi connectivity index (χ2v) is 7.41. The maximum Gasteiger partial charge on any atom is 0.325 e. The highest BCUT2D eigenvalue weighted by molar-refractivity contribution is 7.51. The second kappa shape index (κ2) is 7.78. The number of hydrogen-bond acceptors (Lipinski definition) is 2. The number of hydrogen-bond donors (Lipinski definition) is 2. The van der Waals surface area contributed by atoms with Crippen LogP contribution in [0.1, 0.15) is 29.2 Å². The lowest BCUT2D eigenvalue weighted by molar-refractivity contribution is 0.372. The molecule has 0 aliphatic rings. The molecule has 2 aromatic carbocycles. The van der Waals surface area contributed by atoms with E-state index < -0.39 is 7.60 Å². The summed E-state index contributed by atoms with van der Waals surface area (Å²) in [5.74, 6) is 0.670. The summed E-state index contributed by atoms with van der Waals surface area (Å²) in [6, 6.07) is 14.3. The van der Waals surface area contributed by atoms with E-state index in [0.29, 0.717) is 12.2 Å². The van der Waals surface area contributed by atoms with Gasteiger partial charge in [0.15, 0.2) is 0 Å². The molecule has 0 unspecified atom stereocenters. The molecule has 0 fully saturated rings. The highest BCUT2D eigenvalue weighted by atomic mass is 31.2. The van der Waals surface area contributed by atoms with Gasteiger partial charge in [-0.15, -0.1) is 0 Å². The quantitative estimate of drug-likeness (QED) is 0.760. The van der Waals surface area contributed by atoms with Crippen molar-refractivity contribution in [1.82, 2.24) is 0 Å². The first-order chi connectivity index (χ1) is 10.9. The van der Waals surface area contributed by atoms with Crippen molar-refractivity contribution in [2.24, 2.45) is 0 Å². The Labute approximate surface area is 137 Å². The molecule has 0 atom stereocenters. The van der Waals surface area contributed by atoms with E-state index in [-0.39, 0.29) is 6.16 Å². The van der Waals surface area contributed by atoms with E-state index in [0.717, 1.165) is 24.0 Å². The molecule has 0 saturated carbocycles. The molecule has 124 valence electrons. The zero-order valence-corrected chi connectivity index (χ0v) is 14.4. The van der Waals surface area contributed by atoms with Crippen LogP contribution in [0.3, 0.4) is 0 Å². The molecule has 5 heteroatoms. The first-order valence-electron chi connectivity index (χ1n) is 7.69. The maximum absolute atomic E-state index is 11.1. The van der Waals surface area contributed by atoms with E-state index in [4.69, 9.17) is 14.5 Å². The summed E-state index contributed by atoms with van der Waals surface area (Å²) in [4.78, 5) is 18.1. The average Bonchev–Trinajstić information content (AvgIpc) is 2.53. The fourth-order valence-corrected chi connectivity index (χ4v) is 3.06. The number of aryl methyl sites for hydroxylation is 2. The average molecular weight is 334 g/mol. The van der Waals surface area contributed by atoms with E-state index in [1.807, 2.05) is 18.2 Å². The maximum atomic E-state index is 11.1. The van der Waals surface area contributed by atoms with Crippen LogP contribution in [-0.2, 0) is 23.8 Å². The van der Waals surface area contributed by atoms with Gasteiger partial charge < -0.3 is 14.5 Å². The molecule has 0 radical (unpaired) electrons. The lowest BCUT2D eigenvalue weighted by Crippen LogP contribution is -1.99. The molecular weight excluding hydrogens is 311 g/mol. The molecule has 0 heterocycles. The molecule has 0 aromatic heterocycles. The predicted molar refractivity (Wildman–Crippen MR) is 92.2 cm³/mol. The van der Waals surface area contributed by atoms with Crippen molar-refractivity contribution in [3.05, 3.63) is 64.7 Å². The van der Waals surface area contributed by atoms with Crippen LogP contribution in [-0.4, -0.2) is 23.1 Å². The minimum absolute atomic E-state index is 0.169. The largest absolute Gasteiger partial charge is 0.496 e. The molecule has 4 nitrogen and oxygen atoms in total. The normalized spacial score (nSPS) is 11.5. The lowest BCUT2D eigenvalue weighted by Gasteiger charge is -2.12. The third-order valence-electron chi connectivity index (χ3n) is 3.86. The number of benzene rings is 2. The summed E-state index contributed by atoms with van der Waals surface area (Å²) in [5.41, 5.74) is 4.47. The Kier molecular flexibility index (Phi) is 6.00. The summed E-state index contributed by atoms with van der Waals surface area (Å²) in [5, 5.41) is 0. The molecule has 0 amide bonds. The van der Waals surface area contributed by atoms with Crippen molar-refractivity contribution in [1.29, 1.82) is 0 Å². The van der Waals surface area contributed by atoms with Crippen LogP contribution < -0.4 is 4.74 Å². The van der Waals surface area contributed by atoms with Crippen LogP contribution in [0.15, 0.2) is 42.5 Å². The highest BCUT2D eigenvalue weighted by Gasteiger charge is 2.15. The van der Waals surface area contributed by atoms with Crippen molar-refractivity contribution in [3.8, 4) is 5.75 Å². The van der Waals surface area contributed by atoms with Gasteiger partial charge in [-0.3, -0.25) is 4.57 Å². The summed E-state index contributed by atoms with van der Waals surface area (Å²) in [7, 11) is -2.44. The first-order valence-corrected chi connectivity index (χ1v) is 9.49. The highest BCUT2D eigenvalue weighted by Crippen LogP contribution is 2.36. The zero-order chi connectivity index (χ0) is 16.9. The van der Waals surface area contributed by atoms with Crippen LogP contribution in [0.2, 0.25) is 0 Å². The van der Waals surface area contributed by atoms with Crippen LogP contribution in [0, 0.1) is 0 Å². The molecule has 2 rings (SSSR count). The number of rotatable bonds is 7. The van der Waals surface area contributed by atoms with Gasteiger partial charge in [-0.05, 0) is 47.6 Å². The van der Waals surface area contributed by atoms with Crippen LogP contribution >= 0.6 is 7.60 Å². The molecule has 2 aromatic rings. The van der Waals surface area contributed by atoms with E-state index >= 15 is 0 Å². The van der Waals surface area contributed by atoms with Crippen molar-refractivity contribution < 1.29 is 19.1 Å². The predicted octanol–water partition coefficient (Wildman–Crippen LogP) is 3.57. The minimum Gasteiger partial charge on any atom is -0.496 e. The van der Waals surface area contributed by atoms with E-state index in [2.05, 4.69) is 31.2 Å². The smallest absolute Gasteiger partial charge is 0.325 e. The Morgan fingerprint density at radius 1 is 1.00 bits per heavy atom. The van der Waals surface area contributed by atoms with Gasteiger partial charge in [0.1, 0.15) is 5.75 Å². The third kappa shape index (κ3) is 5.51. The molecule has 2 N–H and O–H groups in total. The Bertz CT molecular complexity index is 689. The second-order valence-electron chi connectivity index (χ2n) is 5.63. The van der Waals surface area contributed by atoms with E-state index in [1.54, 1.807) is 7.11 Å².